The second kappa shape index (κ2) is 7.41. The summed E-state index contributed by atoms with van der Waals surface area (Å²) in [4.78, 5) is 12.6. The molecule has 100 valence electrons. The lowest BCUT2D eigenvalue weighted by molar-refractivity contribution is -0.140. The highest BCUT2D eigenvalue weighted by atomic mass is 32.2. The van der Waals surface area contributed by atoms with Crippen LogP contribution in [0.3, 0.4) is 0 Å². The predicted molar refractivity (Wildman–Crippen MR) is 72.3 cm³/mol. The molecule has 18 heavy (non-hydrogen) atoms. The quantitative estimate of drug-likeness (QED) is 0.578. The van der Waals surface area contributed by atoms with Crippen LogP contribution in [0.15, 0.2) is 23.1 Å². The zero-order valence-corrected chi connectivity index (χ0v) is 11.8. The molecule has 0 spiro atoms. The molecule has 1 aromatic rings. The number of aryl methyl sites for hydroxylation is 1. The van der Waals surface area contributed by atoms with Crippen LogP contribution in [0.4, 0.5) is 4.39 Å². The Morgan fingerprint density at radius 3 is 2.78 bits per heavy atom. The van der Waals surface area contributed by atoms with E-state index in [0.717, 1.165) is 24.2 Å². The molecule has 0 aliphatic heterocycles. The van der Waals surface area contributed by atoms with E-state index in [9.17, 15) is 9.18 Å². The fraction of sp³-hybridized carbons (Fsp3) is 0.500. The summed E-state index contributed by atoms with van der Waals surface area (Å²) in [5.41, 5.74) is 0.596. The number of rotatable bonds is 6. The lowest BCUT2D eigenvalue weighted by Crippen LogP contribution is -2.18. The van der Waals surface area contributed by atoms with E-state index >= 15 is 0 Å². The number of hydrogen-bond acceptors (Lipinski definition) is 3. The van der Waals surface area contributed by atoms with Crippen molar-refractivity contribution in [3.05, 3.63) is 29.6 Å². The number of benzene rings is 1. The van der Waals surface area contributed by atoms with Gasteiger partial charge < -0.3 is 4.74 Å². The van der Waals surface area contributed by atoms with Crippen molar-refractivity contribution >= 4 is 17.7 Å². The minimum atomic E-state index is -0.220. The maximum Gasteiger partial charge on any atom is 0.319 e. The van der Waals surface area contributed by atoms with Crippen LogP contribution in [-0.4, -0.2) is 18.3 Å². The van der Waals surface area contributed by atoms with E-state index in [-0.39, 0.29) is 17.0 Å². The molecule has 1 atom stereocenters. The van der Waals surface area contributed by atoms with Crippen LogP contribution in [0.2, 0.25) is 0 Å². The Morgan fingerprint density at radius 2 is 2.22 bits per heavy atom. The highest BCUT2D eigenvalue weighted by Gasteiger charge is 2.20. The first kappa shape index (κ1) is 15.0. The normalized spacial score (nSPS) is 12.2. The van der Waals surface area contributed by atoms with Crippen molar-refractivity contribution < 1.29 is 13.9 Å². The van der Waals surface area contributed by atoms with Gasteiger partial charge in [-0.2, -0.15) is 0 Å². The van der Waals surface area contributed by atoms with Gasteiger partial charge in [-0.25, -0.2) is 4.39 Å². The van der Waals surface area contributed by atoms with Gasteiger partial charge in [-0.05, 0) is 37.1 Å². The van der Waals surface area contributed by atoms with Crippen LogP contribution >= 0.6 is 11.8 Å². The van der Waals surface area contributed by atoms with E-state index in [0.29, 0.717) is 5.56 Å². The molecule has 1 unspecified atom stereocenters. The largest absolute Gasteiger partial charge is 0.468 e. The van der Waals surface area contributed by atoms with E-state index in [1.165, 1.54) is 24.9 Å². The maximum absolute atomic E-state index is 13.2. The average Bonchev–Trinajstić information content (AvgIpc) is 2.37. The molecule has 0 heterocycles. The third kappa shape index (κ3) is 4.33. The second-order valence-corrected chi connectivity index (χ2v) is 5.46. The van der Waals surface area contributed by atoms with Crippen molar-refractivity contribution in [1.82, 2.24) is 0 Å². The SMILES string of the molecule is CCCCC(Sc1ccc(F)c(C)c1)C(=O)OC. The van der Waals surface area contributed by atoms with Gasteiger partial charge in [0, 0.05) is 4.90 Å². The van der Waals surface area contributed by atoms with Gasteiger partial charge in [0.2, 0.25) is 0 Å². The topological polar surface area (TPSA) is 26.3 Å². The first-order valence-electron chi connectivity index (χ1n) is 6.09. The van der Waals surface area contributed by atoms with E-state index in [1.807, 2.05) is 0 Å². The Morgan fingerprint density at radius 1 is 1.50 bits per heavy atom. The molecule has 0 N–H and O–H groups in total. The van der Waals surface area contributed by atoms with Gasteiger partial charge in [-0.15, -0.1) is 11.8 Å². The van der Waals surface area contributed by atoms with Crippen LogP contribution in [-0.2, 0) is 9.53 Å². The van der Waals surface area contributed by atoms with Crippen LogP contribution in [0, 0.1) is 12.7 Å². The van der Waals surface area contributed by atoms with Crippen molar-refractivity contribution in [2.75, 3.05) is 7.11 Å². The molecule has 4 heteroatoms. The molecule has 0 aliphatic rings. The van der Waals surface area contributed by atoms with Crippen LogP contribution < -0.4 is 0 Å². The van der Waals surface area contributed by atoms with Gasteiger partial charge in [-0.3, -0.25) is 4.79 Å². The van der Waals surface area contributed by atoms with Gasteiger partial charge in [0.1, 0.15) is 11.1 Å². The molecule has 0 aliphatic carbocycles. The third-order valence-electron chi connectivity index (χ3n) is 2.69. The van der Waals surface area contributed by atoms with Crippen LogP contribution in [0.1, 0.15) is 31.7 Å². The minimum absolute atomic E-state index is 0.209. The Hall–Kier alpha value is -1.03. The standard InChI is InChI=1S/C14H19FO2S/c1-4-5-6-13(14(16)17-3)18-11-7-8-12(15)10(2)9-11/h7-9,13H,4-6H2,1-3H3. The number of esters is 1. The smallest absolute Gasteiger partial charge is 0.319 e. The molecular weight excluding hydrogens is 251 g/mol. The number of halogens is 1. The van der Waals surface area contributed by atoms with Gasteiger partial charge >= 0.3 is 5.97 Å². The summed E-state index contributed by atoms with van der Waals surface area (Å²) in [6, 6.07) is 4.91. The molecule has 0 radical (unpaired) electrons. The Labute approximate surface area is 112 Å². The van der Waals surface area contributed by atoms with E-state index < -0.39 is 0 Å². The summed E-state index contributed by atoms with van der Waals surface area (Å²) in [6.45, 7) is 3.81. The molecule has 0 aromatic heterocycles. The van der Waals surface area contributed by atoms with E-state index in [2.05, 4.69) is 6.92 Å². The predicted octanol–water partition coefficient (Wildman–Crippen LogP) is 3.96. The maximum atomic E-state index is 13.2. The molecule has 1 rings (SSSR count). The zero-order valence-electron chi connectivity index (χ0n) is 11.0. The van der Waals surface area contributed by atoms with Gasteiger partial charge in [-0.1, -0.05) is 19.8 Å². The molecular formula is C14H19FO2S. The van der Waals surface area contributed by atoms with Gasteiger partial charge in [0.25, 0.3) is 0 Å². The van der Waals surface area contributed by atoms with E-state index in [4.69, 9.17) is 4.74 Å². The Kier molecular flexibility index (Phi) is 6.19. The van der Waals surface area contributed by atoms with Crippen molar-refractivity contribution in [3.63, 3.8) is 0 Å². The summed E-state index contributed by atoms with van der Waals surface area (Å²) >= 11 is 1.44. The molecule has 0 amide bonds. The van der Waals surface area contributed by atoms with Crippen molar-refractivity contribution in [3.8, 4) is 0 Å². The third-order valence-corrected chi connectivity index (χ3v) is 3.93. The highest BCUT2D eigenvalue weighted by molar-refractivity contribution is 8.00. The summed E-state index contributed by atoms with van der Waals surface area (Å²) in [5, 5.41) is -0.209. The molecule has 0 saturated heterocycles. The zero-order chi connectivity index (χ0) is 13.5. The molecule has 0 fully saturated rings. The van der Waals surface area contributed by atoms with Crippen molar-refractivity contribution in [2.24, 2.45) is 0 Å². The fourth-order valence-corrected chi connectivity index (χ4v) is 2.80. The minimum Gasteiger partial charge on any atom is -0.468 e. The molecule has 2 nitrogen and oxygen atoms in total. The lowest BCUT2D eigenvalue weighted by atomic mass is 10.2. The van der Waals surface area contributed by atoms with Crippen LogP contribution in [0.25, 0.3) is 0 Å². The van der Waals surface area contributed by atoms with Gasteiger partial charge in [0.05, 0.1) is 7.11 Å². The monoisotopic (exact) mass is 270 g/mol. The number of ether oxygens (including phenoxy) is 1. The first-order chi connectivity index (χ1) is 8.58. The Bertz CT molecular complexity index is 407. The fourth-order valence-electron chi connectivity index (χ4n) is 1.60. The Balaban J connectivity index is 2.75. The summed E-state index contributed by atoms with van der Waals surface area (Å²) in [6.07, 6.45) is 2.80. The molecule has 1 aromatic carbocycles. The average molecular weight is 270 g/mol. The summed E-state index contributed by atoms with van der Waals surface area (Å²) < 4.78 is 18.0. The lowest BCUT2D eigenvalue weighted by Gasteiger charge is -2.14. The first-order valence-corrected chi connectivity index (χ1v) is 6.97. The second-order valence-electron chi connectivity index (χ2n) is 4.18. The van der Waals surface area contributed by atoms with Crippen LogP contribution in [0.5, 0.6) is 0 Å². The van der Waals surface area contributed by atoms with Crippen molar-refractivity contribution in [1.29, 1.82) is 0 Å². The van der Waals surface area contributed by atoms with E-state index in [1.54, 1.807) is 19.1 Å². The summed E-state index contributed by atoms with van der Waals surface area (Å²) in [5.74, 6) is -0.432. The molecule has 0 bridgehead atoms. The van der Waals surface area contributed by atoms with Gasteiger partial charge in [0.15, 0.2) is 0 Å². The number of hydrogen-bond donors (Lipinski definition) is 0. The van der Waals surface area contributed by atoms with Crippen molar-refractivity contribution in [2.45, 2.75) is 43.3 Å². The number of thioether (sulfide) groups is 1. The summed E-state index contributed by atoms with van der Waals surface area (Å²) in [7, 11) is 1.40. The molecule has 0 saturated carbocycles. The number of methoxy groups -OCH3 is 1. The number of carbonyl (C=O) groups is 1. The number of carbonyl (C=O) groups excluding carboxylic acids is 1. The highest BCUT2D eigenvalue weighted by Crippen LogP contribution is 2.28. The number of unbranched alkanes of at least 4 members (excludes halogenated alkanes) is 1.